The van der Waals surface area contributed by atoms with Gasteiger partial charge in [-0.3, -0.25) is 4.79 Å². The highest BCUT2D eigenvalue weighted by Gasteiger charge is 2.58. The highest BCUT2D eigenvalue weighted by Crippen LogP contribution is 2.48. The maximum Gasteiger partial charge on any atom is 0.425 e. The van der Waals surface area contributed by atoms with Crippen LogP contribution in [0, 0.1) is 12.3 Å². The van der Waals surface area contributed by atoms with E-state index in [2.05, 4.69) is 5.32 Å². The van der Waals surface area contributed by atoms with Gasteiger partial charge in [0.1, 0.15) is 11.5 Å². The Morgan fingerprint density at radius 2 is 2.05 bits per heavy atom. The van der Waals surface area contributed by atoms with E-state index in [0.29, 0.717) is 6.54 Å². The molecule has 1 aliphatic carbocycles. The van der Waals surface area contributed by atoms with E-state index in [1.807, 2.05) is 6.92 Å². The van der Waals surface area contributed by atoms with Crippen molar-refractivity contribution < 1.29 is 27.5 Å². The standard InChI is InChI=1S/C15H20F3NO3/c1-3-13(6-7-13)9-19-12(20)8-14(21,15(16,17)18)11-5-4-10(2)22-11/h4-5,21H,3,6-9H2,1-2H3,(H,19,20). The van der Waals surface area contributed by atoms with Crippen LogP contribution in [0.25, 0.3) is 0 Å². The van der Waals surface area contributed by atoms with Gasteiger partial charge in [0.25, 0.3) is 0 Å². The van der Waals surface area contributed by atoms with Gasteiger partial charge in [-0.05, 0) is 43.7 Å². The molecule has 1 saturated carbocycles. The second-order valence-electron chi connectivity index (χ2n) is 6.08. The summed E-state index contributed by atoms with van der Waals surface area (Å²) in [6, 6.07) is 2.37. The summed E-state index contributed by atoms with van der Waals surface area (Å²) in [5.74, 6) is -1.26. The fraction of sp³-hybridized carbons (Fsp3) is 0.667. The van der Waals surface area contributed by atoms with Gasteiger partial charge >= 0.3 is 6.18 Å². The molecule has 124 valence electrons. The fourth-order valence-electron chi connectivity index (χ4n) is 2.40. The number of carbonyl (C=O) groups is 1. The number of hydrogen-bond acceptors (Lipinski definition) is 3. The number of aliphatic hydroxyl groups is 1. The Morgan fingerprint density at radius 1 is 1.41 bits per heavy atom. The second kappa shape index (κ2) is 5.61. The Bertz CT molecular complexity index is 548. The Kier molecular flexibility index (Phi) is 4.30. The van der Waals surface area contributed by atoms with E-state index in [4.69, 9.17) is 4.42 Å². The smallest absolute Gasteiger partial charge is 0.425 e. The van der Waals surface area contributed by atoms with Crippen molar-refractivity contribution in [1.29, 1.82) is 0 Å². The minimum atomic E-state index is -5.00. The Morgan fingerprint density at radius 3 is 2.45 bits per heavy atom. The highest BCUT2D eigenvalue weighted by molar-refractivity contribution is 5.77. The number of aryl methyl sites for hydroxylation is 1. The average molecular weight is 319 g/mol. The molecule has 0 radical (unpaired) electrons. The third kappa shape index (κ3) is 3.29. The predicted molar refractivity (Wildman–Crippen MR) is 73.0 cm³/mol. The molecule has 0 spiro atoms. The number of nitrogens with one attached hydrogen (secondary N) is 1. The van der Waals surface area contributed by atoms with Gasteiger partial charge in [0, 0.05) is 6.54 Å². The first-order valence-corrected chi connectivity index (χ1v) is 7.25. The van der Waals surface area contributed by atoms with Crippen molar-refractivity contribution in [2.75, 3.05) is 6.54 Å². The van der Waals surface area contributed by atoms with Gasteiger partial charge in [-0.1, -0.05) is 6.92 Å². The lowest BCUT2D eigenvalue weighted by Crippen LogP contribution is -2.46. The van der Waals surface area contributed by atoms with Gasteiger partial charge in [-0.2, -0.15) is 13.2 Å². The lowest BCUT2D eigenvalue weighted by Gasteiger charge is -2.28. The lowest BCUT2D eigenvalue weighted by atomic mass is 9.95. The van der Waals surface area contributed by atoms with Crippen molar-refractivity contribution >= 4 is 5.91 Å². The summed E-state index contributed by atoms with van der Waals surface area (Å²) in [4.78, 5) is 11.9. The van der Waals surface area contributed by atoms with E-state index >= 15 is 0 Å². The second-order valence-corrected chi connectivity index (χ2v) is 6.08. The topological polar surface area (TPSA) is 62.5 Å². The molecule has 7 heteroatoms. The molecular formula is C15H20F3NO3. The van der Waals surface area contributed by atoms with E-state index in [0.717, 1.165) is 25.3 Å². The third-order valence-corrected chi connectivity index (χ3v) is 4.40. The molecule has 0 aliphatic heterocycles. The van der Waals surface area contributed by atoms with Crippen LogP contribution in [0.15, 0.2) is 16.5 Å². The highest BCUT2D eigenvalue weighted by atomic mass is 19.4. The number of halogens is 3. The van der Waals surface area contributed by atoms with Crippen LogP contribution in [0.1, 0.15) is 44.1 Å². The molecule has 1 atom stereocenters. The Balaban J connectivity index is 2.09. The van der Waals surface area contributed by atoms with E-state index in [-0.39, 0.29) is 11.2 Å². The molecule has 1 aromatic rings. The Labute approximate surface area is 126 Å². The largest absolute Gasteiger partial charge is 0.463 e. The number of carbonyl (C=O) groups excluding carboxylic acids is 1. The van der Waals surface area contributed by atoms with Crippen LogP contribution in [0.4, 0.5) is 13.2 Å². The first-order chi connectivity index (χ1) is 10.1. The molecule has 22 heavy (non-hydrogen) atoms. The van der Waals surface area contributed by atoms with Crippen LogP contribution in [0.2, 0.25) is 0 Å². The lowest BCUT2D eigenvalue weighted by molar-refractivity contribution is -0.273. The third-order valence-electron chi connectivity index (χ3n) is 4.40. The minimum absolute atomic E-state index is 0.0211. The molecule has 4 nitrogen and oxygen atoms in total. The van der Waals surface area contributed by atoms with Gasteiger partial charge in [-0.15, -0.1) is 0 Å². The summed E-state index contributed by atoms with van der Waals surface area (Å²) in [7, 11) is 0. The molecule has 1 fully saturated rings. The first kappa shape index (κ1) is 16.9. The quantitative estimate of drug-likeness (QED) is 0.847. The molecule has 1 heterocycles. The maximum atomic E-state index is 13.2. The molecule has 1 amide bonds. The first-order valence-electron chi connectivity index (χ1n) is 7.25. The van der Waals surface area contributed by atoms with Crippen LogP contribution in [0.3, 0.4) is 0 Å². The molecule has 1 aliphatic rings. The van der Waals surface area contributed by atoms with Gasteiger partial charge in [-0.25, -0.2) is 0 Å². The average Bonchev–Trinajstić information content (AvgIpc) is 3.08. The fourth-order valence-corrected chi connectivity index (χ4v) is 2.40. The van der Waals surface area contributed by atoms with Crippen LogP contribution in [-0.2, 0) is 10.4 Å². The zero-order valence-corrected chi connectivity index (χ0v) is 12.6. The minimum Gasteiger partial charge on any atom is -0.463 e. The summed E-state index contributed by atoms with van der Waals surface area (Å²) >= 11 is 0. The number of hydrogen-bond donors (Lipinski definition) is 2. The molecule has 2 rings (SSSR count). The number of furan rings is 1. The summed E-state index contributed by atoms with van der Waals surface area (Å²) in [6.07, 6.45) is -3.32. The van der Waals surface area contributed by atoms with Crippen molar-refractivity contribution in [3.8, 4) is 0 Å². The van der Waals surface area contributed by atoms with Crippen LogP contribution >= 0.6 is 0 Å². The monoisotopic (exact) mass is 319 g/mol. The molecule has 2 N–H and O–H groups in total. The van der Waals surface area contributed by atoms with E-state index < -0.39 is 29.9 Å². The molecule has 0 saturated heterocycles. The summed E-state index contributed by atoms with van der Waals surface area (Å²) in [5, 5.41) is 12.5. The number of rotatable bonds is 6. The van der Waals surface area contributed by atoms with Crippen molar-refractivity contribution in [2.24, 2.45) is 5.41 Å². The van der Waals surface area contributed by atoms with Crippen LogP contribution in [0.5, 0.6) is 0 Å². The van der Waals surface area contributed by atoms with E-state index in [1.54, 1.807) is 0 Å². The molecular weight excluding hydrogens is 299 g/mol. The maximum absolute atomic E-state index is 13.2. The predicted octanol–water partition coefficient (Wildman–Crippen LogP) is 3.03. The molecule has 0 bridgehead atoms. The number of amides is 1. The van der Waals surface area contributed by atoms with Crippen molar-refractivity contribution in [1.82, 2.24) is 5.32 Å². The molecule has 1 unspecified atom stereocenters. The Hall–Kier alpha value is -1.50. The molecule has 0 aromatic carbocycles. The van der Waals surface area contributed by atoms with Gasteiger partial charge in [0.05, 0.1) is 6.42 Å². The van der Waals surface area contributed by atoms with Gasteiger partial charge < -0.3 is 14.8 Å². The van der Waals surface area contributed by atoms with Crippen LogP contribution in [-0.4, -0.2) is 23.7 Å². The van der Waals surface area contributed by atoms with Gasteiger partial charge in [0.2, 0.25) is 11.5 Å². The van der Waals surface area contributed by atoms with Crippen molar-refractivity contribution in [3.05, 3.63) is 23.7 Å². The van der Waals surface area contributed by atoms with Crippen molar-refractivity contribution in [2.45, 2.75) is 51.3 Å². The van der Waals surface area contributed by atoms with E-state index in [9.17, 15) is 23.1 Å². The zero-order chi connectivity index (χ0) is 16.6. The SMILES string of the molecule is CCC1(CNC(=O)CC(O)(c2ccc(C)o2)C(F)(F)F)CC1. The zero-order valence-electron chi connectivity index (χ0n) is 12.6. The number of alkyl halides is 3. The molecule has 1 aromatic heterocycles. The van der Waals surface area contributed by atoms with Gasteiger partial charge in [0.15, 0.2) is 0 Å². The summed E-state index contributed by atoms with van der Waals surface area (Å²) in [5.41, 5.74) is -3.29. The summed E-state index contributed by atoms with van der Waals surface area (Å²) < 4.78 is 44.6. The van der Waals surface area contributed by atoms with Crippen molar-refractivity contribution in [3.63, 3.8) is 0 Å². The van der Waals surface area contributed by atoms with E-state index in [1.165, 1.54) is 13.0 Å². The normalized spacial score (nSPS) is 19.5. The summed E-state index contributed by atoms with van der Waals surface area (Å²) in [6.45, 7) is 3.79. The van der Waals surface area contributed by atoms with Crippen LogP contribution < -0.4 is 5.32 Å².